The van der Waals surface area contributed by atoms with Gasteiger partial charge in [0.2, 0.25) is 5.91 Å². The second-order valence-electron chi connectivity index (χ2n) is 9.20. The number of carbonyl (C=O) groups is 1. The molecule has 0 spiro atoms. The molecule has 2 aliphatic rings. The molecule has 4 atom stereocenters. The molecule has 0 radical (unpaired) electrons. The van der Waals surface area contributed by atoms with E-state index in [9.17, 15) is 13.6 Å². The van der Waals surface area contributed by atoms with Crippen LogP contribution in [0, 0.1) is 29.4 Å². The van der Waals surface area contributed by atoms with Crippen LogP contribution in [-0.2, 0) is 4.79 Å². The molecule has 4 unspecified atom stereocenters. The van der Waals surface area contributed by atoms with Gasteiger partial charge >= 0.3 is 0 Å². The fourth-order valence-electron chi connectivity index (χ4n) is 5.03. The maximum atomic E-state index is 13.8. The molecular weight excluding hydrogens is 422 g/mol. The Morgan fingerprint density at radius 1 is 1.12 bits per heavy atom. The topological polar surface area (TPSA) is 59.8 Å². The molecule has 2 fully saturated rings. The molecule has 0 saturated heterocycles. The number of halogens is 2. The molecule has 5 rings (SSSR count). The largest absolute Gasteiger partial charge is 0.327 e. The van der Waals surface area contributed by atoms with E-state index in [-0.39, 0.29) is 23.8 Å². The zero-order valence-electron chi connectivity index (χ0n) is 19.7. The van der Waals surface area contributed by atoms with E-state index in [1.165, 1.54) is 18.9 Å². The lowest BCUT2D eigenvalue weighted by molar-refractivity contribution is -0.121. The number of amides is 1. The number of nitrogens with zero attached hydrogens (tertiary/aromatic N) is 3. The molecule has 176 valence electrons. The molecule has 2 aliphatic carbocycles. The standard InChI is InChI=1S/C24H26F2N4O.C2H6/c1-13-7-17(30-12-28-22-9-19(25)20(26)10-23(22)30)8-18(13)14(2)24(31)29-16-5-6-21(27-11-16)15-3-4-15;1-2/h5-6,9-15,17-18H,3-4,7-8H2,1-2H3,(H,29,31);1-2H3. The van der Waals surface area contributed by atoms with Gasteiger partial charge in [-0.2, -0.15) is 0 Å². The Morgan fingerprint density at radius 2 is 1.85 bits per heavy atom. The zero-order valence-corrected chi connectivity index (χ0v) is 19.7. The Hall–Kier alpha value is -2.83. The van der Waals surface area contributed by atoms with Crippen LogP contribution in [0.5, 0.6) is 0 Å². The van der Waals surface area contributed by atoms with Crippen LogP contribution in [0.25, 0.3) is 11.0 Å². The van der Waals surface area contributed by atoms with Crippen LogP contribution in [0.3, 0.4) is 0 Å². The summed E-state index contributed by atoms with van der Waals surface area (Å²) in [6, 6.07) is 6.37. The monoisotopic (exact) mass is 454 g/mol. The van der Waals surface area contributed by atoms with Crippen LogP contribution >= 0.6 is 0 Å². The average molecular weight is 455 g/mol. The van der Waals surface area contributed by atoms with Crippen molar-refractivity contribution < 1.29 is 13.6 Å². The molecule has 7 heteroatoms. The highest BCUT2D eigenvalue weighted by Crippen LogP contribution is 2.44. The van der Waals surface area contributed by atoms with Gasteiger partial charge in [-0.15, -0.1) is 0 Å². The number of hydrogen-bond acceptors (Lipinski definition) is 3. The molecule has 33 heavy (non-hydrogen) atoms. The lowest BCUT2D eigenvalue weighted by atomic mass is 9.85. The van der Waals surface area contributed by atoms with Gasteiger partial charge in [-0.25, -0.2) is 13.8 Å². The summed E-state index contributed by atoms with van der Waals surface area (Å²) in [4.78, 5) is 21.6. The summed E-state index contributed by atoms with van der Waals surface area (Å²) < 4.78 is 29.2. The van der Waals surface area contributed by atoms with Crippen LogP contribution in [-0.4, -0.2) is 20.4 Å². The number of nitrogens with one attached hydrogen (secondary N) is 1. The van der Waals surface area contributed by atoms with Crippen molar-refractivity contribution in [3.8, 4) is 0 Å². The first-order valence-electron chi connectivity index (χ1n) is 12.0. The van der Waals surface area contributed by atoms with E-state index in [2.05, 4.69) is 22.2 Å². The fourth-order valence-corrected chi connectivity index (χ4v) is 5.03. The number of benzene rings is 1. The third-order valence-corrected chi connectivity index (χ3v) is 7.03. The highest BCUT2D eigenvalue weighted by molar-refractivity contribution is 5.92. The predicted octanol–water partition coefficient (Wildman–Crippen LogP) is 6.48. The summed E-state index contributed by atoms with van der Waals surface area (Å²) in [6.07, 6.45) is 7.45. The maximum absolute atomic E-state index is 13.8. The minimum atomic E-state index is -0.889. The van der Waals surface area contributed by atoms with E-state index in [0.29, 0.717) is 22.9 Å². The number of rotatable bonds is 5. The number of pyridine rings is 1. The molecule has 1 amide bonds. The number of hydrogen-bond donors (Lipinski definition) is 1. The van der Waals surface area contributed by atoms with Gasteiger partial charge in [0.05, 0.1) is 29.2 Å². The smallest absolute Gasteiger partial charge is 0.227 e. The Kier molecular flexibility index (Phi) is 6.77. The molecular formula is C26H32F2N4O. The van der Waals surface area contributed by atoms with Gasteiger partial charge in [0.25, 0.3) is 0 Å². The van der Waals surface area contributed by atoms with Crippen molar-refractivity contribution in [2.45, 2.75) is 65.3 Å². The Bertz CT molecular complexity index is 1120. The van der Waals surface area contributed by atoms with Gasteiger partial charge < -0.3 is 9.88 Å². The Labute approximate surface area is 193 Å². The van der Waals surface area contributed by atoms with Gasteiger partial charge in [-0.1, -0.05) is 27.7 Å². The summed E-state index contributed by atoms with van der Waals surface area (Å²) >= 11 is 0. The molecule has 0 bridgehead atoms. The fraction of sp³-hybridized carbons (Fsp3) is 0.500. The molecule has 3 aromatic rings. The molecule has 2 heterocycles. The molecule has 1 aromatic carbocycles. The molecule has 5 nitrogen and oxygen atoms in total. The van der Waals surface area contributed by atoms with E-state index in [0.717, 1.165) is 30.3 Å². The summed E-state index contributed by atoms with van der Waals surface area (Å²) in [5.74, 6) is -0.847. The lowest BCUT2D eigenvalue weighted by Gasteiger charge is -2.22. The van der Waals surface area contributed by atoms with Crippen LogP contribution in [0.2, 0.25) is 0 Å². The first-order valence-corrected chi connectivity index (χ1v) is 12.0. The molecule has 0 aliphatic heterocycles. The molecule has 2 aromatic heterocycles. The van der Waals surface area contributed by atoms with E-state index < -0.39 is 11.6 Å². The second-order valence-corrected chi connectivity index (χ2v) is 9.20. The lowest BCUT2D eigenvalue weighted by Crippen LogP contribution is -2.28. The van der Waals surface area contributed by atoms with Crippen molar-refractivity contribution in [2.24, 2.45) is 17.8 Å². The number of fused-ring (bicyclic) bond motifs is 1. The SMILES string of the molecule is CC.CC1CC(n2cnc3cc(F)c(F)cc32)CC1C(C)C(=O)Nc1ccc(C2CC2)nc1. The third-order valence-electron chi connectivity index (χ3n) is 7.03. The number of anilines is 1. The van der Waals surface area contributed by atoms with Gasteiger partial charge in [0, 0.05) is 35.7 Å². The first kappa shape index (κ1) is 23.3. The van der Waals surface area contributed by atoms with Gasteiger partial charge in [0.1, 0.15) is 0 Å². The van der Waals surface area contributed by atoms with Crippen LogP contribution in [0.1, 0.15) is 71.0 Å². The summed E-state index contributed by atoms with van der Waals surface area (Å²) in [5, 5.41) is 3.01. The van der Waals surface area contributed by atoms with Crippen LogP contribution in [0.15, 0.2) is 36.8 Å². The summed E-state index contributed by atoms with van der Waals surface area (Å²) in [7, 11) is 0. The van der Waals surface area contributed by atoms with Gasteiger partial charge in [-0.05, 0) is 49.7 Å². The average Bonchev–Trinajstić information content (AvgIpc) is 3.49. The van der Waals surface area contributed by atoms with Crippen molar-refractivity contribution in [1.29, 1.82) is 0 Å². The zero-order chi connectivity index (χ0) is 23.7. The second kappa shape index (κ2) is 9.57. The number of carbonyl (C=O) groups excluding carboxylic acids is 1. The van der Waals surface area contributed by atoms with E-state index in [4.69, 9.17) is 0 Å². The quantitative estimate of drug-likeness (QED) is 0.480. The number of aromatic nitrogens is 3. The van der Waals surface area contributed by atoms with Crippen molar-refractivity contribution in [3.63, 3.8) is 0 Å². The molecule has 1 N–H and O–H groups in total. The van der Waals surface area contributed by atoms with Crippen LogP contribution < -0.4 is 5.32 Å². The highest BCUT2D eigenvalue weighted by atomic mass is 19.2. The van der Waals surface area contributed by atoms with Gasteiger partial charge in [-0.3, -0.25) is 9.78 Å². The molecule has 2 saturated carbocycles. The normalized spacial score (nSPS) is 23.2. The van der Waals surface area contributed by atoms with E-state index in [1.807, 2.05) is 37.5 Å². The minimum Gasteiger partial charge on any atom is -0.327 e. The van der Waals surface area contributed by atoms with Crippen molar-refractivity contribution in [3.05, 3.63) is 54.1 Å². The van der Waals surface area contributed by atoms with Gasteiger partial charge in [0.15, 0.2) is 11.6 Å². The summed E-state index contributed by atoms with van der Waals surface area (Å²) in [6.45, 7) is 8.12. The Morgan fingerprint density at radius 3 is 2.52 bits per heavy atom. The predicted molar refractivity (Wildman–Crippen MR) is 126 cm³/mol. The van der Waals surface area contributed by atoms with E-state index in [1.54, 1.807) is 12.5 Å². The minimum absolute atomic E-state index is 0.0120. The number of imidazole rings is 1. The van der Waals surface area contributed by atoms with Crippen molar-refractivity contribution in [1.82, 2.24) is 14.5 Å². The third kappa shape index (κ3) is 4.77. The van der Waals surface area contributed by atoms with Crippen LogP contribution in [0.4, 0.5) is 14.5 Å². The first-order chi connectivity index (χ1) is 15.9. The van der Waals surface area contributed by atoms with E-state index >= 15 is 0 Å². The van der Waals surface area contributed by atoms with Crippen molar-refractivity contribution >= 4 is 22.6 Å². The summed E-state index contributed by atoms with van der Waals surface area (Å²) in [5.41, 5.74) is 2.86. The maximum Gasteiger partial charge on any atom is 0.227 e. The highest BCUT2D eigenvalue weighted by Gasteiger charge is 2.38. The van der Waals surface area contributed by atoms with Crippen molar-refractivity contribution in [2.75, 3.05) is 5.32 Å². The Balaban J connectivity index is 0.00000126.